The van der Waals surface area contributed by atoms with Crippen LogP contribution in [0.15, 0.2) is 60.9 Å². The largest absolute Gasteiger partial charge is 0.497 e. The molecule has 0 spiro atoms. The number of methoxy groups -OCH3 is 1. The van der Waals surface area contributed by atoms with E-state index in [9.17, 15) is 4.79 Å². The number of ether oxygens (including phenoxy) is 1. The molecule has 0 atom stereocenters. The highest BCUT2D eigenvalue weighted by atomic mass is 16.5. The summed E-state index contributed by atoms with van der Waals surface area (Å²) < 4.78 is 5.16. The van der Waals surface area contributed by atoms with Crippen LogP contribution in [-0.2, 0) is 0 Å². The Morgan fingerprint density at radius 3 is 2.26 bits per heavy atom. The number of nitrogens with zero attached hydrogens (tertiary/aromatic N) is 2. The number of hydrogen-bond acceptors (Lipinski definition) is 6. The minimum atomic E-state index is -0.226. The molecule has 0 unspecified atom stereocenters. The summed E-state index contributed by atoms with van der Waals surface area (Å²) in [5.74, 6) is 1.03. The fourth-order valence-electron chi connectivity index (χ4n) is 2.43. The van der Waals surface area contributed by atoms with Crippen molar-refractivity contribution in [1.29, 1.82) is 0 Å². The molecule has 138 valence electrons. The van der Waals surface area contributed by atoms with Crippen molar-refractivity contribution >= 4 is 17.5 Å². The third-order valence-electron chi connectivity index (χ3n) is 3.88. The number of aromatic nitrogens is 2. The summed E-state index contributed by atoms with van der Waals surface area (Å²) in [4.78, 5) is 20.5. The molecule has 1 heterocycles. The van der Waals surface area contributed by atoms with Crippen molar-refractivity contribution in [1.82, 2.24) is 15.3 Å². The van der Waals surface area contributed by atoms with E-state index in [2.05, 4.69) is 20.6 Å². The van der Waals surface area contributed by atoms with Gasteiger partial charge in [0.15, 0.2) is 0 Å². The second kappa shape index (κ2) is 8.77. The van der Waals surface area contributed by atoms with E-state index in [1.165, 1.54) is 0 Å². The zero-order chi connectivity index (χ0) is 19.1. The topological polar surface area (TPSA) is 96.4 Å². The molecule has 27 heavy (non-hydrogen) atoms. The Kier molecular flexibility index (Phi) is 5.96. The Morgan fingerprint density at radius 2 is 1.67 bits per heavy atom. The SMILES string of the molecule is COc1ccc(-c2cnc(Nc3ccc(C(=O)NCCO)cc3)nc2)cc1. The van der Waals surface area contributed by atoms with Gasteiger partial charge in [0, 0.05) is 35.8 Å². The highest BCUT2D eigenvalue weighted by Gasteiger charge is 2.05. The van der Waals surface area contributed by atoms with Gasteiger partial charge in [0.25, 0.3) is 5.91 Å². The van der Waals surface area contributed by atoms with Gasteiger partial charge in [-0.1, -0.05) is 12.1 Å². The van der Waals surface area contributed by atoms with E-state index in [0.717, 1.165) is 22.6 Å². The van der Waals surface area contributed by atoms with Gasteiger partial charge < -0.3 is 20.5 Å². The van der Waals surface area contributed by atoms with Gasteiger partial charge >= 0.3 is 0 Å². The molecule has 3 aromatic rings. The van der Waals surface area contributed by atoms with Crippen LogP contribution in [0.3, 0.4) is 0 Å². The number of aliphatic hydroxyl groups is 1. The summed E-state index contributed by atoms with van der Waals surface area (Å²) in [5.41, 5.74) is 3.19. The average molecular weight is 364 g/mol. The maximum Gasteiger partial charge on any atom is 0.251 e. The van der Waals surface area contributed by atoms with Crippen LogP contribution in [0.2, 0.25) is 0 Å². The lowest BCUT2D eigenvalue weighted by Gasteiger charge is -2.08. The first-order valence-corrected chi connectivity index (χ1v) is 8.42. The lowest BCUT2D eigenvalue weighted by atomic mass is 10.1. The second-order valence-electron chi connectivity index (χ2n) is 5.71. The van der Waals surface area contributed by atoms with Crippen molar-refractivity contribution in [3.05, 3.63) is 66.5 Å². The number of hydrogen-bond donors (Lipinski definition) is 3. The highest BCUT2D eigenvalue weighted by molar-refractivity contribution is 5.94. The van der Waals surface area contributed by atoms with Crippen molar-refractivity contribution in [3.8, 4) is 16.9 Å². The van der Waals surface area contributed by atoms with Crippen molar-refractivity contribution in [2.45, 2.75) is 0 Å². The maximum atomic E-state index is 11.8. The van der Waals surface area contributed by atoms with E-state index in [-0.39, 0.29) is 19.1 Å². The summed E-state index contributed by atoms with van der Waals surface area (Å²) >= 11 is 0. The number of carbonyl (C=O) groups is 1. The number of aliphatic hydroxyl groups excluding tert-OH is 1. The summed E-state index contributed by atoms with van der Waals surface area (Å²) in [5, 5.41) is 14.4. The van der Waals surface area contributed by atoms with Gasteiger partial charge in [-0.25, -0.2) is 9.97 Å². The number of benzene rings is 2. The van der Waals surface area contributed by atoms with E-state index in [4.69, 9.17) is 9.84 Å². The minimum absolute atomic E-state index is 0.0881. The third kappa shape index (κ3) is 4.80. The molecule has 0 radical (unpaired) electrons. The quantitative estimate of drug-likeness (QED) is 0.596. The Labute approximate surface area is 157 Å². The smallest absolute Gasteiger partial charge is 0.251 e. The van der Waals surface area contributed by atoms with Crippen molar-refractivity contribution in [2.24, 2.45) is 0 Å². The third-order valence-corrected chi connectivity index (χ3v) is 3.88. The van der Waals surface area contributed by atoms with E-state index in [1.807, 2.05) is 24.3 Å². The molecular weight excluding hydrogens is 344 g/mol. The summed E-state index contributed by atoms with van der Waals surface area (Å²) in [6, 6.07) is 14.6. The van der Waals surface area contributed by atoms with Crippen LogP contribution in [0, 0.1) is 0 Å². The molecule has 0 aliphatic rings. The predicted octanol–water partition coefficient (Wildman–Crippen LogP) is 2.62. The summed E-state index contributed by atoms with van der Waals surface area (Å²) in [6.45, 7) is 0.141. The second-order valence-corrected chi connectivity index (χ2v) is 5.71. The Morgan fingerprint density at radius 1 is 1.00 bits per heavy atom. The van der Waals surface area contributed by atoms with Crippen molar-refractivity contribution in [3.63, 3.8) is 0 Å². The molecule has 0 aliphatic carbocycles. The zero-order valence-corrected chi connectivity index (χ0v) is 14.8. The van der Waals surface area contributed by atoms with Crippen LogP contribution in [0.1, 0.15) is 10.4 Å². The molecule has 1 aromatic heterocycles. The van der Waals surface area contributed by atoms with Crippen LogP contribution in [0.25, 0.3) is 11.1 Å². The van der Waals surface area contributed by atoms with Crippen LogP contribution in [0.4, 0.5) is 11.6 Å². The lowest BCUT2D eigenvalue weighted by Crippen LogP contribution is -2.26. The Hall–Kier alpha value is -3.45. The molecule has 0 aliphatic heterocycles. The molecule has 0 saturated heterocycles. The van der Waals surface area contributed by atoms with Crippen LogP contribution in [0.5, 0.6) is 5.75 Å². The molecule has 0 saturated carbocycles. The molecule has 0 fully saturated rings. The minimum Gasteiger partial charge on any atom is -0.497 e. The normalized spacial score (nSPS) is 10.3. The van der Waals surface area contributed by atoms with Crippen LogP contribution < -0.4 is 15.4 Å². The van der Waals surface area contributed by atoms with Gasteiger partial charge in [-0.15, -0.1) is 0 Å². The van der Waals surface area contributed by atoms with Gasteiger partial charge in [-0.05, 0) is 42.0 Å². The number of amides is 1. The summed E-state index contributed by atoms with van der Waals surface area (Å²) in [6.07, 6.45) is 3.49. The van der Waals surface area contributed by atoms with E-state index >= 15 is 0 Å². The molecule has 3 N–H and O–H groups in total. The fourth-order valence-corrected chi connectivity index (χ4v) is 2.43. The Bertz CT molecular complexity index is 879. The number of anilines is 2. The highest BCUT2D eigenvalue weighted by Crippen LogP contribution is 2.22. The maximum absolute atomic E-state index is 11.8. The van der Waals surface area contributed by atoms with E-state index in [0.29, 0.717) is 11.5 Å². The van der Waals surface area contributed by atoms with Gasteiger partial charge in [-0.3, -0.25) is 4.79 Å². The number of carbonyl (C=O) groups excluding carboxylic acids is 1. The van der Waals surface area contributed by atoms with Gasteiger partial charge in [0.1, 0.15) is 5.75 Å². The lowest BCUT2D eigenvalue weighted by molar-refractivity contribution is 0.0945. The predicted molar refractivity (Wildman–Crippen MR) is 103 cm³/mol. The van der Waals surface area contributed by atoms with Crippen LogP contribution in [-0.4, -0.2) is 41.2 Å². The molecule has 0 bridgehead atoms. The first-order chi connectivity index (χ1) is 13.2. The van der Waals surface area contributed by atoms with Crippen molar-refractivity contribution in [2.75, 3.05) is 25.6 Å². The molecule has 7 nitrogen and oxygen atoms in total. The Balaban J connectivity index is 1.64. The average Bonchev–Trinajstić information content (AvgIpc) is 2.73. The number of rotatable bonds is 7. The number of nitrogens with one attached hydrogen (secondary N) is 2. The molecule has 7 heteroatoms. The molecule has 3 rings (SSSR count). The molecule has 2 aromatic carbocycles. The summed E-state index contributed by atoms with van der Waals surface area (Å²) in [7, 11) is 1.63. The van der Waals surface area contributed by atoms with Crippen LogP contribution >= 0.6 is 0 Å². The van der Waals surface area contributed by atoms with Gasteiger partial charge in [-0.2, -0.15) is 0 Å². The zero-order valence-electron chi connectivity index (χ0n) is 14.8. The van der Waals surface area contributed by atoms with Gasteiger partial charge in [0.05, 0.1) is 13.7 Å². The van der Waals surface area contributed by atoms with E-state index < -0.39 is 0 Å². The molecular formula is C20H20N4O3. The standard InChI is InChI=1S/C20H20N4O3/c1-27-18-8-4-14(5-9-18)16-12-22-20(23-13-16)24-17-6-2-15(3-7-17)19(26)21-10-11-25/h2-9,12-13,25H,10-11H2,1H3,(H,21,26)(H,22,23,24). The van der Waals surface area contributed by atoms with E-state index in [1.54, 1.807) is 43.8 Å². The fraction of sp³-hybridized carbons (Fsp3) is 0.150. The van der Waals surface area contributed by atoms with Gasteiger partial charge in [0.2, 0.25) is 5.95 Å². The molecule has 1 amide bonds. The first kappa shape index (κ1) is 18.3. The van der Waals surface area contributed by atoms with Crippen molar-refractivity contribution < 1.29 is 14.6 Å². The first-order valence-electron chi connectivity index (χ1n) is 8.42. The monoisotopic (exact) mass is 364 g/mol.